The summed E-state index contributed by atoms with van der Waals surface area (Å²) < 4.78 is 0.956. The summed E-state index contributed by atoms with van der Waals surface area (Å²) in [4.78, 5) is 0. The van der Waals surface area contributed by atoms with Crippen LogP contribution in [0.1, 0.15) is 44.9 Å². The Morgan fingerprint density at radius 1 is 0.933 bits per heavy atom. The molecule has 15 heavy (non-hydrogen) atoms. The van der Waals surface area contributed by atoms with E-state index in [1.165, 1.54) is 24.3 Å². The van der Waals surface area contributed by atoms with Gasteiger partial charge < -0.3 is 0 Å². The molecule has 3 atom stereocenters. The lowest BCUT2D eigenvalue weighted by Gasteiger charge is -2.25. The molecule has 0 radical (unpaired) electrons. The molecule has 0 aromatic rings. The van der Waals surface area contributed by atoms with Crippen LogP contribution in [0, 0.1) is 17.8 Å². The molecule has 1 heterocycles. The Balaban J connectivity index is 1.42. The molecule has 0 N–H and O–H groups in total. The van der Waals surface area contributed by atoms with Crippen molar-refractivity contribution in [3.63, 3.8) is 0 Å². The van der Waals surface area contributed by atoms with Crippen molar-refractivity contribution in [2.45, 2.75) is 49.5 Å². The van der Waals surface area contributed by atoms with E-state index >= 15 is 0 Å². The summed E-state index contributed by atoms with van der Waals surface area (Å²) in [5, 5.41) is 0. The van der Waals surface area contributed by atoms with Crippen LogP contribution < -0.4 is 0 Å². The van der Waals surface area contributed by atoms with Crippen LogP contribution >= 0.6 is 23.5 Å². The van der Waals surface area contributed by atoms with Crippen molar-refractivity contribution in [2.24, 2.45) is 17.8 Å². The van der Waals surface area contributed by atoms with E-state index in [1.807, 2.05) is 0 Å². The van der Waals surface area contributed by atoms with Gasteiger partial charge in [0, 0.05) is 0 Å². The summed E-state index contributed by atoms with van der Waals surface area (Å²) in [5.41, 5.74) is 0. The van der Waals surface area contributed by atoms with Gasteiger partial charge in [-0.05, 0) is 67.8 Å². The van der Waals surface area contributed by atoms with Crippen LogP contribution in [-0.4, -0.2) is 16.1 Å². The minimum absolute atomic E-state index is 0.956. The molecular weight excluding hydrogens is 220 g/mol. The molecule has 0 spiro atoms. The molecule has 3 aliphatic rings. The second-order valence-corrected chi connectivity index (χ2v) is 8.46. The average Bonchev–Trinajstić information content (AvgIpc) is 2.89. The first-order valence-electron chi connectivity index (χ1n) is 6.65. The summed E-state index contributed by atoms with van der Waals surface area (Å²) in [6, 6.07) is 0. The first-order valence-corrected chi connectivity index (χ1v) is 8.75. The Bertz CT molecular complexity index is 211. The smallest absolute Gasteiger partial charge is 0.0502 e. The van der Waals surface area contributed by atoms with Crippen LogP contribution in [0.4, 0.5) is 0 Å². The van der Waals surface area contributed by atoms with Crippen LogP contribution in [0.5, 0.6) is 0 Å². The van der Waals surface area contributed by atoms with E-state index in [0.717, 1.165) is 22.3 Å². The minimum atomic E-state index is 0.956. The fourth-order valence-electron chi connectivity index (χ4n) is 3.78. The van der Waals surface area contributed by atoms with Crippen LogP contribution in [0.3, 0.4) is 0 Å². The maximum absolute atomic E-state index is 2.23. The van der Waals surface area contributed by atoms with Gasteiger partial charge in [0.2, 0.25) is 0 Å². The average molecular weight is 242 g/mol. The Morgan fingerprint density at radius 2 is 1.80 bits per heavy atom. The minimum Gasteiger partial charge on any atom is -0.148 e. The lowest BCUT2D eigenvalue weighted by atomic mass is 9.86. The van der Waals surface area contributed by atoms with Crippen molar-refractivity contribution in [2.75, 3.05) is 11.5 Å². The molecule has 0 aromatic heterocycles. The molecule has 2 bridgehead atoms. The van der Waals surface area contributed by atoms with Gasteiger partial charge in [0.25, 0.3) is 0 Å². The lowest BCUT2D eigenvalue weighted by Crippen LogP contribution is -2.14. The standard InChI is InChI=1S/C13H22S2/c1-6-14-13(15-7-1)5-4-12-9-10-2-3-11(12)8-10/h10-13H,1-9H2/t10-,11+,12?/m1/s1. The van der Waals surface area contributed by atoms with E-state index in [2.05, 4.69) is 23.5 Å². The number of rotatable bonds is 3. The van der Waals surface area contributed by atoms with E-state index in [-0.39, 0.29) is 0 Å². The van der Waals surface area contributed by atoms with Gasteiger partial charge in [0.15, 0.2) is 0 Å². The van der Waals surface area contributed by atoms with Gasteiger partial charge >= 0.3 is 0 Å². The van der Waals surface area contributed by atoms with Crippen LogP contribution in [0.15, 0.2) is 0 Å². The van der Waals surface area contributed by atoms with E-state index in [0.29, 0.717) is 0 Å². The number of fused-ring (bicyclic) bond motifs is 2. The van der Waals surface area contributed by atoms with Crippen molar-refractivity contribution in [1.29, 1.82) is 0 Å². The monoisotopic (exact) mass is 242 g/mol. The number of hydrogen-bond acceptors (Lipinski definition) is 2. The van der Waals surface area contributed by atoms with Crippen molar-refractivity contribution < 1.29 is 0 Å². The van der Waals surface area contributed by atoms with E-state index in [9.17, 15) is 0 Å². The molecule has 2 heteroatoms. The summed E-state index contributed by atoms with van der Waals surface area (Å²) in [5.74, 6) is 6.27. The predicted molar refractivity (Wildman–Crippen MR) is 71.5 cm³/mol. The van der Waals surface area contributed by atoms with Crippen molar-refractivity contribution in [1.82, 2.24) is 0 Å². The highest BCUT2D eigenvalue weighted by molar-refractivity contribution is 8.17. The molecule has 3 rings (SSSR count). The molecule has 1 aliphatic heterocycles. The van der Waals surface area contributed by atoms with Gasteiger partial charge in [-0.3, -0.25) is 0 Å². The second kappa shape index (κ2) is 4.91. The molecular formula is C13H22S2. The van der Waals surface area contributed by atoms with Crippen molar-refractivity contribution in [3.8, 4) is 0 Å². The number of hydrogen-bond donors (Lipinski definition) is 0. The maximum Gasteiger partial charge on any atom is 0.0502 e. The zero-order valence-corrected chi connectivity index (χ0v) is 11.1. The Labute approximate surface area is 102 Å². The van der Waals surface area contributed by atoms with Crippen molar-refractivity contribution >= 4 is 23.5 Å². The quantitative estimate of drug-likeness (QED) is 0.719. The maximum atomic E-state index is 2.23. The molecule has 0 nitrogen and oxygen atoms in total. The van der Waals surface area contributed by atoms with E-state index in [4.69, 9.17) is 0 Å². The first kappa shape index (κ1) is 10.8. The van der Waals surface area contributed by atoms with Gasteiger partial charge in [0.1, 0.15) is 0 Å². The summed E-state index contributed by atoms with van der Waals surface area (Å²) in [7, 11) is 0. The highest BCUT2D eigenvalue weighted by Crippen LogP contribution is 2.50. The zero-order chi connectivity index (χ0) is 10.1. The summed E-state index contributed by atoms with van der Waals surface area (Å²) in [6.07, 6.45) is 10.8. The Hall–Kier alpha value is 0.700. The predicted octanol–water partition coefficient (Wildman–Crippen LogP) is 4.40. The van der Waals surface area contributed by atoms with Gasteiger partial charge in [0.05, 0.1) is 4.58 Å². The molecule has 3 fully saturated rings. The Morgan fingerprint density at radius 3 is 2.47 bits per heavy atom. The molecule has 2 saturated carbocycles. The fraction of sp³-hybridized carbons (Fsp3) is 1.00. The Kier molecular flexibility index (Phi) is 3.55. The number of thioether (sulfide) groups is 2. The normalized spacial score (nSPS) is 41.2. The van der Waals surface area contributed by atoms with Gasteiger partial charge in [-0.1, -0.05) is 6.42 Å². The molecule has 1 unspecified atom stereocenters. The lowest BCUT2D eigenvalue weighted by molar-refractivity contribution is 0.311. The largest absolute Gasteiger partial charge is 0.148 e. The van der Waals surface area contributed by atoms with Crippen molar-refractivity contribution in [3.05, 3.63) is 0 Å². The first-order chi connectivity index (χ1) is 7.42. The summed E-state index contributed by atoms with van der Waals surface area (Å²) in [6.45, 7) is 0. The highest BCUT2D eigenvalue weighted by atomic mass is 32.2. The molecule has 0 aromatic carbocycles. The van der Waals surface area contributed by atoms with E-state index in [1.54, 1.807) is 32.1 Å². The van der Waals surface area contributed by atoms with Crippen LogP contribution in [0.25, 0.3) is 0 Å². The van der Waals surface area contributed by atoms with E-state index < -0.39 is 0 Å². The molecule has 86 valence electrons. The second-order valence-electron chi connectivity index (χ2n) is 5.54. The van der Waals surface area contributed by atoms with Gasteiger partial charge in [-0.15, -0.1) is 23.5 Å². The van der Waals surface area contributed by atoms with Crippen LogP contribution in [0.2, 0.25) is 0 Å². The fourth-order valence-corrected chi connectivity index (χ4v) is 6.68. The third kappa shape index (κ3) is 2.52. The third-order valence-corrected chi connectivity index (χ3v) is 7.63. The van der Waals surface area contributed by atoms with Gasteiger partial charge in [-0.2, -0.15) is 0 Å². The highest BCUT2D eigenvalue weighted by Gasteiger charge is 2.39. The summed E-state index contributed by atoms with van der Waals surface area (Å²) >= 11 is 4.46. The SMILES string of the molecule is C1CSC(CCC2C[C@@H]3CC[C@H]2C3)SC1. The molecule has 0 amide bonds. The van der Waals surface area contributed by atoms with Gasteiger partial charge in [-0.25, -0.2) is 0 Å². The van der Waals surface area contributed by atoms with Crippen LogP contribution in [-0.2, 0) is 0 Å². The zero-order valence-electron chi connectivity index (χ0n) is 9.49. The molecule has 1 saturated heterocycles. The third-order valence-electron chi connectivity index (χ3n) is 4.55. The topological polar surface area (TPSA) is 0 Å². The molecule has 2 aliphatic carbocycles.